The number of amides is 2. The van der Waals surface area contributed by atoms with E-state index in [4.69, 9.17) is 5.73 Å². The van der Waals surface area contributed by atoms with Gasteiger partial charge >= 0.3 is 0 Å². The van der Waals surface area contributed by atoms with Crippen LogP contribution in [0.4, 0.5) is 0 Å². The second-order valence-electron chi connectivity index (χ2n) is 7.14. The summed E-state index contributed by atoms with van der Waals surface area (Å²) in [5.41, 5.74) is 7.25. The third-order valence-electron chi connectivity index (χ3n) is 5.09. The van der Waals surface area contributed by atoms with E-state index < -0.39 is 5.54 Å². The van der Waals surface area contributed by atoms with Gasteiger partial charge in [0.15, 0.2) is 5.96 Å². The third-order valence-corrected chi connectivity index (χ3v) is 5.09. The molecule has 1 aliphatic heterocycles. The van der Waals surface area contributed by atoms with E-state index in [1.165, 1.54) is 29.7 Å². The fourth-order valence-electron chi connectivity index (χ4n) is 3.47. The number of guanidine groups is 1. The number of carbonyl (C=O) groups is 2. The molecule has 3 N–H and O–H groups in total. The van der Waals surface area contributed by atoms with Gasteiger partial charge in [-0.05, 0) is 43.7 Å². The van der Waals surface area contributed by atoms with E-state index >= 15 is 0 Å². The van der Waals surface area contributed by atoms with Crippen molar-refractivity contribution in [3.05, 3.63) is 35.4 Å². The normalized spacial score (nSPS) is 23.4. The van der Waals surface area contributed by atoms with Gasteiger partial charge < -0.3 is 11.1 Å². The SMILES string of the molecule is CCNC(=O)CC1(C)N=C(N)N(Cc2cccc(C3CCC3)c2)C1=O. The van der Waals surface area contributed by atoms with Gasteiger partial charge in [-0.2, -0.15) is 0 Å². The molecule has 1 fully saturated rings. The number of hydrogen-bond donors (Lipinski definition) is 2. The summed E-state index contributed by atoms with van der Waals surface area (Å²) in [5, 5.41) is 2.71. The number of benzene rings is 1. The molecule has 0 spiro atoms. The number of hydrogen-bond acceptors (Lipinski definition) is 4. The van der Waals surface area contributed by atoms with E-state index in [9.17, 15) is 9.59 Å². The second kappa shape index (κ2) is 6.86. The molecule has 0 radical (unpaired) electrons. The van der Waals surface area contributed by atoms with Crippen molar-refractivity contribution in [2.24, 2.45) is 10.7 Å². The van der Waals surface area contributed by atoms with Crippen LogP contribution >= 0.6 is 0 Å². The fraction of sp³-hybridized carbons (Fsp3) is 0.526. The Morgan fingerprint density at radius 3 is 2.84 bits per heavy atom. The molecule has 2 amide bonds. The summed E-state index contributed by atoms with van der Waals surface area (Å²) < 4.78 is 0. The van der Waals surface area contributed by atoms with Gasteiger partial charge in [-0.15, -0.1) is 0 Å². The van der Waals surface area contributed by atoms with Crippen LogP contribution in [0.15, 0.2) is 29.3 Å². The summed E-state index contributed by atoms with van der Waals surface area (Å²) in [5.74, 6) is 0.420. The lowest BCUT2D eigenvalue weighted by atomic mass is 9.80. The maximum Gasteiger partial charge on any atom is 0.257 e. The lowest BCUT2D eigenvalue weighted by Crippen LogP contribution is -2.44. The van der Waals surface area contributed by atoms with E-state index in [1.807, 2.05) is 19.1 Å². The molecule has 1 aliphatic carbocycles. The number of nitrogens with zero attached hydrogens (tertiary/aromatic N) is 2. The van der Waals surface area contributed by atoms with Crippen LogP contribution in [0.3, 0.4) is 0 Å². The number of nitrogens with one attached hydrogen (secondary N) is 1. The zero-order valence-electron chi connectivity index (χ0n) is 14.9. The van der Waals surface area contributed by atoms with Crippen molar-refractivity contribution < 1.29 is 9.59 Å². The summed E-state index contributed by atoms with van der Waals surface area (Å²) in [6.07, 6.45) is 3.77. The molecule has 6 heteroatoms. The van der Waals surface area contributed by atoms with Gasteiger partial charge in [0.1, 0.15) is 5.54 Å². The van der Waals surface area contributed by atoms with Gasteiger partial charge in [0.05, 0.1) is 13.0 Å². The summed E-state index contributed by atoms with van der Waals surface area (Å²) in [6, 6.07) is 8.34. The molecule has 25 heavy (non-hydrogen) atoms. The molecular formula is C19H26N4O2. The topological polar surface area (TPSA) is 87.8 Å². The molecule has 1 heterocycles. The van der Waals surface area contributed by atoms with Gasteiger partial charge in [0, 0.05) is 6.54 Å². The highest BCUT2D eigenvalue weighted by molar-refractivity contribution is 6.08. The maximum absolute atomic E-state index is 12.8. The third kappa shape index (κ3) is 3.52. The van der Waals surface area contributed by atoms with E-state index in [0.29, 0.717) is 19.0 Å². The Morgan fingerprint density at radius 1 is 1.44 bits per heavy atom. The Hall–Kier alpha value is -2.37. The number of rotatable bonds is 6. The van der Waals surface area contributed by atoms with Crippen LogP contribution in [0.2, 0.25) is 0 Å². The first-order chi connectivity index (χ1) is 11.9. The fourth-order valence-corrected chi connectivity index (χ4v) is 3.47. The minimum absolute atomic E-state index is 0.0129. The van der Waals surface area contributed by atoms with Gasteiger partial charge in [-0.1, -0.05) is 30.7 Å². The van der Waals surface area contributed by atoms with Crippen molar-refractivity contribution >= 4 is 17.8 Å². The van der Waals surface area contributed by atoms with E-state index in [-0.39, 0.29) is 24.2 Å². The van der Waals surface area contributed by atoms with Crippen LogP contribution in [0.25, 0.3) is 0 Å². The zero-order valence-corrected chi connectivity index (χ0v) is 14.9. The molecule has 6 nitrogen and oxygen atoms in total. The minimum Gasteiger partial charge on any atom is -0.369 e. The molecule has 2 aliphatic rings. The Morgan fingerprint density at radius 2 is 2.20 bits per heavy atom. The summed E-state index contributed by atoms with van der Waals surface area (Å²) >= 11 is 0. The van der Waals surface area contributed by atoms with Gasteiger partial charge in [-0.25, -0.2) is 4.99 Å². The highest BCUT2D eigenvalue weighted by Gasteiger charge is 2.45. The first-order valence-electron chi connectivity index (χ1n) is 8.96. The van der Waals surface area contributed by atoms with E-state index in [2.05, 4.69) is 22.4 Å². The lowest BCUT2D eigenvalue weighted by molar-refractivity contribution is -0.134. The predicted molar refractivity (Wildman–Crippen MR) is 96.9 cm³/mol. The van der Waals surface area contributed by atoms with Crippen LogP contribution in [-0.2, 0) is 16.1 Å². The van der Waals surface area contributed by atoms with Crippen LogP contribution in [0.5, 0.6) is 0 Å². The molecule has 1 atom stereocenters. The van der Waals surface area contributed by atoms with Crippen LogP contribution in [0.1, 0.15) is 56.6 Å². The maximum atomic E-state index is 12.8. The minimum atomic E-state index is -1.12. The summed E-state index contributed by atoms with van der Waals surface area (Å²) in [6.45, 7) is 4.43. The van der Waals surface area contributed by atoms with E-state index in [1.54, 1.807) is 6.92 Å². The van der Waals surface area contributed by atoms with Gasteiger partial charge in [0.2, 0.25) is 5.91 Å². The highest BCUT2D eigenvalue weighted by Crippen LogP contribution is 2.36. The first kappa shape index (κ1) is 17.5. The first-order valence-corrected chi connectivity index (χ1v) is 8.96. The predicted octanol–water partition coefficient (Wildman–Crippen LogP) is 1.90. The molecule has 134 valence electrons. The van der Waals surface area contributed by atoms with E-state index in [0.717, 1.165) is 5.56 Å². The molecule has 1 aromatic rings. The standard InChI is InChI=1S/C19H26N4O2/c1-3-21-16(24)11-19(2)17(25)23(18(20)22-19)12-13-6-4-9-15(10-13)14-7-5-8-14/h4,6,9-10,14H,3,5,7-8,11-12H2,1-2H3,(H2,20,22)(H,21,24). The monoisotopic (exact) mass is 342 g/mol. The Kier molecular flexibility index (Phi) is 4.79. The van der Waals surface area contributed by atoms with Crippen LogP contribution in [0, 0.1) is 0 Å². The molecule has 0 saturated heterocycles. The largest absolute Gasteiger partial charge is 0.369 e. The molecule has 0 aromatic heterocycles. The molecule has 1 aromatic carbocycles. The van der Waals surface area contributed by atoms with Gasteiger partial charge in [-0.3, -0.25) is 14.5 Å². The zero-order chi connectivity index (χ0) is 18.0. The van der Waals surface area contributed by atoms with Crippen LogP contribution < -0.4 is 11.1 Å². The van der Waals surface area contributed by atoms with Crippen molar-refractivity contribution in [2.75, 3.05) is 6.54 Å². The van der Waals surface area contributed by atoms with Crippen molar-refractivity contribution in [1.29, 1.82) is 0 Å². The number of nitrogens with two attached hydrogens (primary N) is 1. The molecule has 0 bridgehead atoms. The smallest absolute Gasteiger partial charge is 0.257 e. The number of aliphatic imine (C=N–C) groups is 1. The quantitative estimate of drug-likeness (QED) is 0.827. The van der Waals surface area contributed by atoms with Crippen molar-refractivity contribution in [3.8, 4) is 0 Å². The lowest BCUT2D eigenvalue weighted by Gasteiger charge is -2.27. The average molecular weight is 342 g/mol. The highest BCUT2D eigenvalue weighted by atomic mass is 16.2. The van der Waals surface area contributed by atoms with Crippen molar-refractivity contribution in [1.82, 2.24) is 10.2 Å². The Bertz CT molecular complexity index is 711. The van der Waals surface area contributed by atoms with Crippen LogP contribution in [-0.4, -0.2) is 34.8 Å². The molecular weight excluding hydrogens is 316 g/mol. The molecule has 3 rings (SSSR count). The Labute approximate surface area is 148 Å². The van der Waals surface area contributed by atoms with Crippen molar-refractivity contribution in [3.63, 3.8) is 0 Å². The second-order valence-corrected chi connectivity index (χ2v) is 7.14. The Balaban J connectivity index is 1.72. The summed E-state index contributed by atoms with van der Waals surface area (Å²) in [4.78, 5) is 30.5. The number of carbonyl (C=O) groups excluding carboxylic acids is 2. The van der Waals surface area contributed by atoms with Crippen molar-refractivity contribution in [2.45, 2.75) is 57.5 Å². The summed E-state index contributed by atoms with van der Waals surface area (Å²) in [7, 11) is 0. The average Bonchev–Trinajstić information content (AvgIpc) is 2.69. The molecule has 1 unspecified atom stereocenters. The molecule has 1 saturated carbocycles. The van der Waals surface area contributed by atoms with Gasteiger partial charge in [0.25, 0.3) is 5.91 Å².